The minimum atomic E-state index is -0.236. The molecule has 1 saturated heterocycles. The predicted octanol–water partition coefficient (Wildman–Crippen LogP) is 1.97. The van der Waals surface area contributed by atoms with Crippen molar-refractivity contribution in [3.8, 4) is 5.75 Å². The molecule has 0 bridgehead atoms. The first-order valence-corrected chi connectivity index (χ1v) is 10.8. The average Bonchev–Trinajstić information content (AvgIpc) is 3.23. The number of aromatic nitrogens is 4. The van der Waals surface area contributed by atoms with E-state index in [0.717, 1.165) is 43.3 Å². The molecule has 8 heteroatoms. The molecule has 0 saturated carbocycles. The molecule has 1 aliphatic heterocycles. The Hall–Kier alpha value is -3.00. The van der Waals surface area contributed by atoms with E-state index in [9.17, 15) is 4.39 Å². The maximum atomic E-state index is 13.3. The topological polar surface area (TPSA) is 60.5 Å². The van der Waals surface area contributed by atoms with Gasteiger partial charge in [0.15, 0.2) is 6.04 Å². The monoisotopic (exact) mass is 425 g/mol. The second-order valence-corrected chi connectivity index (χ2v) is 8.39. The molecule has 0 spiro atoms. The molecule has 0 amide bonds. The van der Waals surface area contributed by atoms with E-state index >= 15 is 0 Å². The van der Waals surface area contributed by atoms with Crippen molar-refractivity contribution in [2.45, 2.75) is 26.4 Å². The zero-order valence-corrected chi connectivity index (χ0v) is 18.3. The Morgan fingerprint density at radius 1 is 1.03 bits per heavy atom. The average molecular weight is 426 g/mol. The Balaban J connectivity index is 1.46. The minimum Gasteiger partial charge on any atom is -0.497 e. The molecule has 0 aliphatic carbocycles. The van der Waals surface area contributed by atoms with Crippen LogP contribution in [0.1, 0.15) is 31.3 Å². The van der Waals surface area contributed by atoms with Crippen LogP contribution < -0.4 is 14.5 Å². The molecule has 0 radical (unpaired) electrons. The van der Waals surface area contributed by atoms with Gasteiger partial charge in [0.1, 0.15) is 11.6 Å². The summed E-state index contributed by atoms with van der Waals surface area (Å²) in [6, 6.07) is 15.0. The highest BCUT2D eigenvalue weighted by atomic mass is 19.1. The molecule has 2 heterocycles. The smallest absolute Gasteiger partial charge is 0.209 e. The fourth-order valence-electron chi connectivity index (χ4n) is 4.42. The Labute approximate surface area is 182 Å². The van der Waals surface area contributed by atoms with Gasteiger partial charge < -0.3 is 14.5 Å². The minimum absolute atomic E-state index is 0.202. The lowest BCUT2D eigenvalue weighted by Gasteiger charge is -2.38. The molecule has 31 heavy (non-hydrogen) atoms. The van der Waals surface area contributed by atoms with Gasteiger partial charge in [-0.15, -0.1) is 5.10 Å². The number of benzene rings is 2. The highest BCUT2D eigenvalue weighted by Crippen LogP contribution is 2.21. The number of ether oxygens (including phenoxy) is 1. The van der Waals surface area contributed by atoms with E-state index in [1.54, 1.807) is 19.2 Å². The highest BCUT2D eigenvalue weighted by molar-refractivity contribution is 5.49. The van der Waals surface area contributed by atoms with E-state index in [4.69, 9.17) is 4.74 Å². The summed E-state index contributed by atoms with van der Waals surface area (Å²) in [4.78, 5) is 3.91. The zero-order valence-electron chi connectivity index (χ0n) is 18.3. The first-order valence-electron chi connectivity index (χ1n) is 10.8. The third-order valence-corrected chi connectivity index (χ3v) is 6.03. The number of nitrogens with one attached hydrogen (secondary N) is 1. The van der Waals surface area contributed by atoms with E-state index in [1.165, 1.54) is 22.7 Å². The third-order valence-electron chi connectivity index (χ3n) is 6.03. The summed E-state index contributed by atoms with van der Waals surface area (Å²) in [6.07, 6.45) is 0. The van der Waals surface area contributed by atoms with Crippen molar-refractivity contribution in [1.82, 2.24) is 20.2 Å². The maximum absolute atomic E-state index is 13.3. The Kier molecular flexibility index (Phi) is 6.46. The summed E-state index contributed by atoms with van der Waals surface area (Å²) in [6.45, 7) is 8.97. The standard InChI is InChI=1S/C23H29FN6O/c1-17(2)22(23-25-26-27-30(23)16-18-4-6-19(24)7-5-18)29-14-12-28(13-15-29)20-8-10-21(31-3)11-9-20/h4-11,17,22H,12-16H2,1-3H3/p+1/t22-/m0/s1. The number of rotatable bonds is 7. The number of anilines is 1. The van der Waals surface area contributed by atoms with Gasteiger partial charge >= 0.3 is 0 Å². The van der Waals surface area contributed by atoms with E-state index in [0.29, 0.717) is 12.5 Å². The highest BCUT2D eigenvalue weighted by Gasteiger charge is 2.35. The molecule has 1 fully saturated rings. The van der Waals surface area contributed by atoms with Crippen LogP contribution in [0.3, 0.4) is 0 Å². The van der Waals surface area contributed by atoms with Crippen LogP contribution in [-0.2, 0) is 6.54 Å². The van der Waals surface area contributed by atoms with Gasteiger partial charge in [0.25, 0.3) is 0 Å². The van der Waals surface area contributed by atoms with Crippen molar-refractivity contribution in [2.75, 3.05) is 38.2 Å². The van der Waals surface area contributed by atoms with E-state index < -0.39 is 0 Å². The predicted molar refractivity (Wildman–Crippen MR) is 117 cm³/mol. The number of tetrazole rings is 1. The van der Waals surface area contributed by atoms with Crippen LogP contribution in [0.25, 0.3) is 0 Å². The van der Waals surface area contributed by atoms with Crippen molar-refractivity contribution >= 4 is 5.69 Å². The van der Waals surface area contributed by atoms with Gasteiger partial charge in [-0.25, -0.2) is 9.07 Å². The number of nitrogens with zero attached hydrogens (tertiary/aromatic N) is 5. The number of methoxy groups -OCH3 is 1. The van der Waals surface area contributed by atoms with Gasteiger partial charge in [0.05, 0.1) is 39.8 Å². The molecule has 1 N–H and O–H groups in total. The third kappa shape index (κ3) is 4.85. The number of quaternary nitrogens is 1. The Morgan fingerprint density at radius 3 is 2.32 bits per heavy atom. The van der Waals surface area contributed by atoms with Crippen molar-refractivity contribution in [1.29, 1.82) is 0 Å². The van der Waals surface area contributed by atoms with Gasteiger partial charge in [-0.1, -0.05) is 26.0 Å². The first-order chi connectivity index (χ1) is 15.0. The van der Waals surface area contributed by atoms with Crippen molar-refractivity contribution in [3.05, 3.63) is 65.7 Å². The molecule has 164 valence electrons. The normalized spacial score (nSPS) is 16.0. The molecule has 1 atom stereocenters. The molecule has 1 aromatic heterocycles. The number of hydrogen-bond acceptors (Lipinski definition) is 5. The van der Waals surface area contributed by atoms with Crippen molar-refractivity contribution in [3.63, 3.8) is 0 Å². The van der Waals surface area contributed by atoms with Gasteiger partial charge in [-0.05, 0) is 52.4 Å². The largest absolute Gasteiger partial charge is 0.497 e. The second kappa shape index (κ2) is 9.43. The molecule has 3 aromatic rings. The summed E-state index contributed by atoms with van der Waals surface area (Å²) in [7, 11) is 1.69. The van der Waals surface area contributed by atoms with Crippen LogP contribution in [-0.4, -0.2) is 53.5 Å². The number of halogens is 1. The van der Waals surface area contributed by atoms with Crippen LogP contribution >= 0.6 is 0 Å². The lowest BCUT2D eigenvalue weighted by molar-refractivity contribution is -0.937. The fraction of sp³-hybridized carbons (Fsp3) is 0.435. The summed E-state index contributed by atoms with van der Waals surface area (Å²) in [5, 5.41) is 12.6. The number of piperazine rings is 1. The summed E-state index contributed by atoms with van der Waals surface area (Å²) in [5.41, 5.74) is 2.21. The van der Waals surface area contributed by atoms with Gasteiger partial charge in [-0.2, -0.15) is 0 Å². The summed E-state index contributed by atoms with van der Waals surface area (Å²) >= 11 is 0. The van der Waals surface area contributed by atoms with Crippen molar-refractivity contribution < 1.29 is 14.0 Å². The van der Waals surface area contributed by atoms with Crippen LogP contribution in [0.2, 0.25) is 0 Å². The maximum Gasteiger partial charge on any atom is 0.209 e. The first kappa shape index (κ1) is 21.2. The fourth-order valence-corrected chi connectivity index (χ4v) is 4.42. The molecular weight excluding hydrogens is 395 g/mol. The Morgan fingerprint density at radius 2 is 1.71 bits per heavy atom. The zero-order chi connectivity index (χ0) is 21.8. The van der Waals surface area contributed by atoms with E-state index in [-0.39, 0.29) is 11.9 Å². The van der Waals surface area contributed by atoms with Crippen molar-refractivity contribution in [2.24, 2.45) is 5.92 Å². The molecule has 0 unspecified atom stereocenters. The quantitative estimate of drug-likeness (QED) is 0.627. The summed E-state index contributed by atoms with van der Waals surface area (Å²) in [5.74, 6) is 1.92. The lowest BCUT2D eigenvalue weighted by Crippen LogP contribution is -3.15. The van der Waals surface area contributed by atoms with E-state index in [1.807, 2.05) is 16.8 Å². The summed E-state index contributed by atoms with van der Waals surface area (Å²) < 4.78 is 20.4. The van der Waals surface area contributed by atoms with Crippen LogP contribution in [0, 0.1) is 11.7 Å². The van der Waals surface area contributed by atoms with Crippen LogP contribution in [0.5, 0.6) is 5.75 Å². The van der Waals surface area contributed by atoms with E-state index in [2.05, 4.69) is 46.4 Å². The molecule has 1 aliphatic rings. The second-order valence-electron chi connectivity index (χ2n) is 8.39. The number of hydrogen-bond donors (Lipinski definition) is 1. The molecule has 7 nitrogen and oxygen atoms in total. The molecule has 4 rings (SSSR count). The van der Waals surface area contributed by atoms with Gasteiger partial charge in [0, 0.05) is 11.6 Å². The van der Waals surface area contributed by atoms with Gasteiger partial charge in [-0.3, -0.25) is 0 Å². The van der Waals surface area contributed by atoms with Gasteiger partial charge in [0.2, 0.25) is 5.82 Å². The molecule has 2 aromatic carbocycles. The van der Waals surface area contributed by atoms with Crippen LogP contribution in [0.4, 0.5) is 10.1 Å². The van der Waals surface area contributed by atoms with Crippen LogP contribution in [0.15, 0.2) is 48.5 Å². The molecular formula is C23H30FN6O+. The SMILES string of the molecule is COc1ccc(N2CC[NH+]([C@H](c3nnnn3Cc3ccc(F)cc3)C(C)C)CC2)cc1. The Bertz CT molecular complexity index is 964. The lowest BCUT2D eigenvalue weighted by atomic mass is 10.0.